The molecule has 23 heavy (non-hydrogen) atoms. The number of aryl methyl sites for hydroxylation is 1. The van der Waals surface area contributed by atoms with Gasteiger partial charge >= 0.3 is 0 Å². The first kappa shape index (κ1) is 17.7. The van der Waals surface area contributed by atoms with Crippen molar-refractivity contribution in [1.82, 2.24) is 19.7 Å². The summed E-state index contributed by atoms with van der Waals surface area (Å²) < 4.78 is 1.75. The lowest BCUT2D eigenvalue weighted by molar-refractivity contribution is -0.122. The van der Waals surface area contributed by atoms with E-state index in [1.54, 1.807) is 16.7 Å². The summed E-state index contributed by atoms with van der Waals surface area (Å²) in [7, 11) is 4.17. The lowest BCUT2D eigenvalue weighted by Gasteiger charge is -2.37. The third kappa shape index (κ3) is 5.18. The normalized spacial score (nSPS) is 19.7. The van der Waals surface area contributed by atoms with Gasteiger partial charge in [-0.1, -0.05) is 6.07 Å². The molecule has 2 heterocycles. The number of nitrogens with zero attached hydrogens (tertiary/aromatic N) is 3. The summed E-state index contributed by atoms with van der Waals surface area (Å²) in [5.41, 5.74) is 0.971. The minimum Gasteiger partial charge on any atom is -0.356 e. The number of amides is 1. The molecule has 0 saturated carbocycles. The van der Waals surface area contributed by atoms with Gasteiger partial charge in [-0.05, 0) is 33.5 Å². The molecule has 0 unspecified atom stereocenters. The average Bonchev–Trinajstić information content (AvgIpc) is 2.50. The number of carbonyl (C=O) groups is 1. The third-order valence-corrected chi connectivity index (χ3v) is 4.55. The van der Waals surface area contributed by atoms with Gasteiger partial charge in [-0.2, -0.15) is 0 Å². The molecule has 0 aromatic carbocycles. The zero-order valence-electron chi connectivity index (χ0n) is 14.4. The van der Waals surface area contributed by atoms with Crippen molar-refractivity contribution in [2.75, 3.05) is 40.3 Å². The molecule has 6 nitrogen and oxygen atoms in total. The van der Waals surface area contributed by atoms with Crippen molar-refractivity contribution in [3.05, 3.63) is 34.2 Å². The van der Waals surface area contributed by atoms with E-state index in [2.05, 4.69) is 29.2 Å². The Kier molecular flexibility index (Phi) is 6.36. The quantitative estimate of drug-likeness (QED) is 0.766. The van der Waals surface area contributed by atoms with E-state index in [0.29, 0.717) is 19.5 Å². The third-order valence-electron chi connectivity index (χ3n) is 4.55. The van der Waals surface area contributed by atoms with E-state index in [0.717, 1.165) is 31.7 Å². The van der Waals surface area contributed by atoms with Crippen molar-refractivity contribution < 1.29 is 4.79 Å². The minimum absolute atomic E-state index is 0.0168. The molecule has 0 spiro atoms. The lowest BCUT2D eigenvalue weighted by Crippen LogP contribution is -2.51. The van der Waals surface area contributed by atoms with Gasteiger partial charge in [-0.3, -0.25) is 9.59 Å². The Labute approximate surface area is 138 Å². The predicted molar refractivity (Wildman–Crippen MR) is 91.6 cm³/mol. The summed E-state index contributed by atoms with van der Waals surface area (Å²) in [6.07, 6.45) is 1.29. The SMILES string of the molecule is Cc1cccc(=O)n1CCCNC(=O)C[C@H]1CN(C)CCN1C. The number of pyridine rings is 1. The molecule has 1 atom stereocenters. The number of aromatic nitrogens is 1. The maximum absolute atomic E-state index is 12.1. The van der Waals surface area contributed by atoms with Crippen molar-refractivity contribution in [3.8, 4) is 0 Å². The number of likely N-dealkylation sites (N-methyl/N-ethyl adjacent to an activating group) is 2. The fourth-order valence-corrected chi connectivity index (χ4v) is 2.98. The molecule has 1 fully saturated rings. The second-order valence-electron chi connectivity index (χ2n) is 6.46. The fraction of sp³-hybridized carbons (Fsp3) is 0.647. The lowest BCUT2D eigenvalue weighted by atomic mass is 10.1. The van der Waals surface area contributed by atoms with E-state index in [1.807, 2.05) is 13.0 Å². The number of nitrogens with one attached hydrogen (secondary N) is 1. The highest BCUT2D eigenvalue weighted by Crippen LogP contribution is 2.09. The van der Waals surface area contributed by atoms with E-state index in [1.165, 1.54) is 0 Å². The number of hydrogen-bond acceptors (Lipinski definition) is 4. The largest absolute Gasteiger partial charge is 0.356 e. The minimum atomic E-state index is 0.0168. The van der Waals surface area contributed by atoms with Crippen LogP contribution >= 0.6 is 0 Å². The highest BCUT2D eigenvalue weighted by molar-refractivity contribution is 5.76. The highest BCUT2D eigenvalue weighted by atomic mass is 16.1. The Morgan fingerprint density at radius 3 is 2.83 bits per heavy atom. The average molecular weight is 320 g/mol. The molecule has 1 N–H and O–H groups in total. The molecule has 1 aromatic rings. The molecule has 1 aliphatic heterocycles. The molecule has 1 aliphatic rings. The number of piperazine rings is 1. The topological polar surface area (TPSA) is 57.6 Å². The van der Waals surface area contributed by atoms with Crippen LogP contribution in [0.15, 0.2) is 23.0 Å². The molecular formula is C17H28N4O2. The van der Waals surface area contributed by atoms with Crippen molar-refractivity contribution in [3.63, 3.8) is 0 Å². The van der Waals surface area contributed by atoms with Crippen molar-refractivity contribution >= 4 is 5.91 Å². The predicted octanol–water partition coefficient (Wildman–Crippen LogP) is 0.299. The molecular weight excluding hydrogens is 292 g/mol. The summed E-state index contributed by atoms with van der Waals surface area (Å²) in [5.74, 6) is 0.0919. The Bertz CT molecular complexity index is 584. The fourth-order valence-electron chi connectivity index (χ4n) is 2.98. The Hall–Kier alpha value is -1.66. The first-order valence-electron chi connectivity index (χ1n) is 8.29. The molecule has 1 saturated heterocycles. The van der Waals surface area contributed by atoms with Crippen molar-refractivity contribution in [2.24, 2.45) is 0 Å². The zero-order valence-corrected chi connectivity index (χ0v) is 14.4. The Morgan fingerprint density at radius 2 is 2.09 bits per heavy atom. The molecule has 1 amide bonds. The summed E-state index contributed by atoms with van der Waals surface area (Å²) in [6, 6.07) is 5.55. The van der Waals surface area contributed by atoms with Gasteiger partial charge in [0, 0.05) is 56.9 Å². The molecule has 1 aromatic heterocycles. The van der Waals surface area contributed by atoms with Crippen molar-refractivity contribution in [2.45, 2.75) is 32.4 Å². The van der Waals surface area contributed by atoms with E-state index in [4.69, 9.17) is 0 Å². The van der Waals surface area contributed by atoms with Crippen LogP contribution < -0.4 is 10.9 Å². The maximum Gasteiger partial charge on any atom is 0.250 e. The van der Waals surface area contributed by atoms with Crippen LogP contribution in [-0.4, -0.2) is 66.6 Å². The van der Waals surface area contributed by atoms with Gasteiger partial charge in [0.1, 0.15) is 0 Å². The monoisotopic (exact) mass is 320 g/mol. The van der Waals surface area contributed by atoms with Crippen molar-refractivity contribution in [1.29, 1.82) is 0 Å². The summed E-state index contributed by atoms with van der Waals surface area (Å²) in [6.45, 7) is 6.16. The number of carbonyl (C=O) groups excluding carboxylic acids is 1. The van der Waals surface area contributed by atoms with E-state index < -0.39 is 0 Å². The van der Waals surface area contributed by atoms with Gasteiger partial charge < -0.3 is 19.7 Å². The molecule has 0 radical (unpaired) electrons. The van der Waals surface area contributed by atoms with Crippen LogP contribution in [0.3, 0.4) is 0 Å². The van der Waals surface area contributed by atoms with Gasteiger partial charge in [-0.25, -0.2) is 0 Å². The second kappa shape index (κ2) is 8.26. The zero-order chi connectivity index (χ0) is 16.8. The summed E-state index contributed by atoms with van der Waals surface area (Å²) in [4.78, 5) is 28.4. The molecule has 0 bridgehead atoms. The van der Waals surface area contributed by atoms with E-state index in [9.17, 15) is 9.59 Å². The van der Waals surface area contributed by atoms with Crippen LogP contribution in [0, 0.1) is 6.92 Å². The Balaban J connectivity index is 1.72. The molecule has 0 aliphatic carbocycles. The van der Waals surface area contributed by atoms with Gasteiger partial charge in [-0.15, -0.1) is 0 Å². The molecule has 2 rings (SSSR count). The highest BCUT2D eigenvalue weighted by Gasteiger charge is 2.24. The summed E-state index contributed by atoms with van der Waals surface area (Å²) in [5, 5.41) is 2.98. The molecule has 6 heteroatoms. The Morgan fingerprint density at radius 1 is 1.30 bits per heavy atom. The van der Waals surface area contributed by atoms with Crippen LogP contribution in [0.25, 0.3) is 0 Å². The van der Waals surface area contributed by atoms with Gasteiger partial charge in [0.25, 0.3) is 5.56 Å². The second-order valence-corrected chi connectivity index (χ2v) is 6.46. The number of hydrogen-bond donors (Lipinski definition) is 1. The smallest absolute Gasteiger partial charge is 0.250 e. The van der Waals surface area contributed by atoms with Crippen LogP contribution in [-0.2, 0) is 11.3 Å². The van der Waals surface area contributed by atoms with Crippen LogP contribution in [0.1, 0.15) is 18.5 Å². The van der Waals surface area contributed by atoms with Crippen LogP contribution in [0.5, 0.6) is 0 Å². The van der Waals surface area contributed by atoms with Gasteiger partial charge in [0.2, 0.25) is 5.91 Å². The first-order chi connectivity index (χ1) is 11.0. The standard InChI is InChI=1S/C17H28N4O2/c1-14-6-4-7-17(23)21(14)9-5-8-18-16(22)12-15-13-19(2)10-11-20(15)3/h4,6-7,15H,5,8-13H2,1-3H3,(H,18,22)/t15-/m0/s1. The number of rotatable bonds is 6. The first-order valence-corrected chi connectivity index (χ1v) is 8.29. The van der Waals surface area contributed by atoms with Gasteiger partial charge in [0.15, 0.2) is 0 Å². The van der Waals surface area contributed by atoms with Crippen LogP contribution in [0.2, 0.25) is 0 Å². The van der Waals surface area contributed by atoms with E-state index >= 15 is 0 Å². The maximum atomic E-state index is 12.1. The van der Waals surface area contributed by atoms with Gasteiger partial charge in [0.05, 0.1) is 0 Å². The van der Waals surface area contributed by atoms with E-state index in [-0.39, 0.29) is 17.5 Å². The molecule has 128 valence electrons. The van der Waals surface area contributed by atoms with Crippen LogP contribution in [0.4, 0.5) is 0 Å². The summed E-state index contributed by atoms with van der Waals surface area (Å²) >= 11 is 0.